The van der Waals surface area contributed by atoms with Crippen molar-refractivity contribution in [2.75, 3.05) is 19.6 Å². The maximum atomic E-state index is 12.7. The van der Waals surface area contributed by atoms with Gasteiger partial charge in [0, 0.05) is 18.7 Å². The van der Waals surface area contributed by atoms with E-state index >= 15 is 0 Å². The second-order valence-electron chi connectivity index (χ2n) is 6.93. The fourth-order valence-corrected chi connectivity index (χ4v) is 3.28. The van der Waals surface area contributed by atoms with Crippen LogP contribution >= 0.6 is 11.6 Å². The van der Waals surface area contributed by atoms with Gasteiger partial charge in [-0.15, -0.1) is 0 Å². The molecule has 0 aliphatic carbocycles. The van der Waals surface area contributed by atoms with Gasteiger partial charge in [0.1, 0.15) is 0 Å². The summed E-state index contributed by atoms with van der Waals surface area (Å²) < 4.78 is 1.80. The number of likely N-dealkylation sites (tertiary alicyclic amines) is 1. The summed E-state index contributed by atoms with van der Waals surface area (Å²) in [6, 6.07) is 7.50. The van der Waals surface area contributed by atoms with Crippen molar-refractivity contribution in [2.24, 2.45) is 11.1 Å². The first-order chi connectivity index (χ1) is 11.3. The molecule has 1 atom stereocenters. The topological polar surface area (TPSA) is 64.2 Å². The Labute approximate surface area is 147 Å². The van der Waals surface area contributed by atoms with Crippen LogP contribution in [-0.2, 0) is 0 Å². The van der Waals surface area contributed by atoms with Crippen molar-refractivity contribution in [1.82, 2.24) is 14.7 Å². The standard InChI is InChI=1S/C18H23ClN4O/c1-12-16(19)13(2)23(21-12)15-6-4-14(5-7-15)17(24)22-9-8-18(3,10-20)11-22/h4-7H,8-11,20H2,1-3H3. The molecule has 2 heterocycles. The largest absolute Gasteiger partial charge is 0.338 e. The van der Waals surface area contributed by atoms with E-state index in [1.165, 1.54) is 0 Å². The fourth-order valence-electron chi connectivity index (χ4n) is 3.17. The van der Waals surface area contributed by atoms with Gasteiger partial charge in [0.25, 0.3) is 5.91 Å². The minimum absolute atomic E-state index is 0.0377. The van der Waals surface area contributed by atoms with E-state index in [0.717, 1.165) is 36.6 Å². The van der Waals surface area contributed by atoms with E-state index < -0.39 is 0 Å². The first-order valence-electron chi connectivity index (χ1n) is 8.16. The molecule has 1 fully saturated rings. The second kappa shape index (κ2) is 6.22. The number of aromatic nitrogens is 2. The van der Waals surface area contributed by atoms with E-state index in [1.807, 2.05) is 43.0 Å². The maximum Gasteiger partial charge on any atom is 0.253 e. The van der Waals surface area contributed by atoms with Gasteiger partial charge in [0.05, 0.1) is 22.1 Å². The number of hydrogen-bond acceptors (Lipinski definition) is 3. The molecule has 24 heavy (non-hydrogen) atoms. The molecule has 1 aromatic heterocycles. The molecule has 1 aliphatic heterocycles. The third-order valence-corrected chi connectivity index (χ3v) is 5.45. The minimum atomic E-state index is 0.0377. The molecule has 1 amide bonds. The predicted molar refractivity (Wildman–Crippen MR) is 95.7 cm³/mol. The van der Waals surface area contributed by atoms with E-state index in [1.54, 1.807) is 4.68 Å². The molecular formula is C18H23ClN4O. The quantitative estimate of drug-likeness (QED) is 0.929. The van der Waals surface area contributed by atoms with Crippen molar-refractivity contribution in [2.45, 2.75) is 27.2 Å². The zero-order valence-electron chi connectivity index (χ0n) is 14.3. The number of rotatable bonds is 3. The number of nitrogens with zero attached hydrogens (tertiary/aromatic N) is 3. The first-order valence-corrected chi connectivity index (χ1v) is 8.54. The van der Waals surface area contributed by atoms with Crippen molar-refractivity contribution < 1.29 is 4.79 Å². The number of aryl methyl sites for hydroxylation is 1. The van der Waals surface area contributed by atoms with Crippen LogP contribution in [0.5, 0.6) is 0 Å². The summed E-state index contributed by atoms with van der Waals surface area (Å²) in [5, 5.41) is 5.11. The van der Waals surface area contributed by atoms with Gasteiger partial charge in [-0.05, 0) is 56.5 Å². The van der Waals surface area contributed by atoms with E-state index in [4.69, 9.17) is 17.3 Å². The van der Waals surface area contributed by atoms with E-state index in [-0.39, 0.29) is 11.3 Å². The molecule has 1 unspecified atom stereocenters. The van der Waals surface area contributed by atoms with E-state index in [2.05, 4.69) is 12.0 Å². The summed E-state index contributed by atoms with van der Waals surface area (Å²) in [6.45, 7) is 8.04. The summed E-state index contributed by atoms with van der Waals surface area (Å²) >= 11 is 6.20. The van der Waals surface area contributed by atoms with Crippen LogP contribution in [0.3, 0.4) is 0 Å². The Bertz CT molecular complexity index is 768. The summed E-state index contributed by atoms with van der Waals surface area (Å²) in [6.07, 6.45) is 0.956. The Morgan fingerprint density at radius 1 is 1.33 bits per heavy atom. The lowest BCUT2D eigenvalue weighted by Crippen LogP contribution is -2.34. The summed E-state index contributed by atoms with van der Waals surface area (Å²) in [7, 11) is 0. The van der Waals surface area contributed by atoms with Gasteiger partial charge in [0.15, 0.2) is 0 Å². The third-order valence-electron chi connectivity index (χ3n) is 4.90. The number of halogens is 1. The van der Waals surface area contributed by atoms with Gasteiger partial charge in [-0.1, -0.05) is 18.5 Å². The molecule has 6 heteroatoms. The Hall–Kier alpha value is -1.85. The first kappa shape index (κ1) is 17.0. The summed E-state index contributed by atoms with van der Waals surface area (Å²) in [4.78, 5) is 14.6. The van der Waals surface area contributed by atoms with E-state index in [0.29, 0.717) is 17.1 Å². The highest BCUT2D eigenvalue weighted by Crippen LogP contribution is 2.29. The Morgan fingerprint density at radius 3 is 2.50 bits per heavy atom. The summed E-state index contributed by atoms with van der Waals surface area (Å²) in [5.74, 6) is 0.0603. The number of carbonyl (C=O) groups is 1. The third kappa shape index (κ3) is 2.94. The van der Waals surface area contributed by atoms with Gasteiger partial charge < -0.3 is 10.6 Å². The molecule has 2 aromatic rings. The number of amides is 1. The molecule has 0 radical (unpaired) electrons. The van der Waals surface area contributed by atoms with Crippen LogP contribution in [0.1, 0.15) is 35.1 Å². The Morgan fingerprint density at radius 2 is 2.00 bits per heavy atom. The molecule has 2 N–H and O–H groups in total. The van der Waals surface area contributed by atoms with Crippen molar-refractivity contribution in [3.63, 3.8) is 0 Å². The van der Waals surface area contributed by atoms with Gasteiger partial charge in [-0.3, -0.25) is 4.79 Å². The number of benzene rings is 1. The van der Waals surface area contributed by atoms with Gasteiger partial charge in [-0.25, -0.2) is 4.68 Å². The monoisotopic (exact) mass is 346 g/mol. The minimum Gasteiger partial charge on any atom is -0.338 e. The highest BCUT2D eigenvalue weighted by atomic mass is 35.5. The molecule has 5 nitrogen and oxygen atoms in total. The van der Waals surface area contributed by atoms with Gasteiger partial charge >= 0.3 is 0 Å². The van der Waals surface area contributed by atoms with Crippen LogP contribution in [-0.4, -0.2) is 40.2 Å². The van der Waals surface area contributed by atoms with Gasteiger partial charge in [0.2, 0.25) is 0 Å². The van der Waals surface area contributed by atoms with Gasteiger partial charge in [-0.2, -0.15) is 5.10 Å². The molecule has 1 saturated heterocycles. The zero-order chi connectivity index (χ0) is 17.5. The lowest BCUT2D eigenvalue weighted by Gasteiger charge is -2.22. The van der Waals surface area contributed by atoms with Crippen LogP contribution in [0.15, 0.2) is 24.3 Å². The smallest absolute Gasteiger partial charge is 0.253 e. The molecule has 0 bridgehead atoms. The van der Waals surface area contributed by atoms with Crippen LogP contribution in [0.2, 0.25) is 5.02 Å². The average molecular weight is 347 g/mol. The number of carbonyl (C=O) groups excluding carboxylic acids is 1. The Kier molecular flexibility index (Phi) is 4.40. The van der Waals surface area contributed by atoms with E-state index in [9.17, 15) is 4.79 Å². The lowest BCUT2D eigenvalue weighted by atomic mass is 9.90. The molecule has 128 valence electrons. The zero-order valence-corrected chi connectivity index (χ0v) is 15.1. The lowest BCUT2D eigenvalue weighted by molar-refractivity contribution is 0.0777. The molecule has 0 spiro atoms. The molecule has 3 rings (SSSR count). The molecule has 1 aliphatic rings. The van der Waals surface area contributed by atoms with Crippen molar-refractivity contribution in [3.05, 3.63) is 46.2 Å². The Balaban J connectivity index is 1.80. The normalized spacial score (nSPS) is 20.6. The average Bonchev–Trinajstić information content (AvgIpc) is 3.11. The van der Waals surface area contributed by atoms with Crippen LogP contribution in [0.25, 0.3) is 5.69 Å². The van der Waals surface area contributed by atoms with Crippen molar-refractivity contribution in [3.8, 4) is 5.69 Å². The number of nitrogens with two attached hydrogens (primary N) is 1. The van der Waals surface area contributed by atoms with Crippen molar-refractivity contribution in [1.29, 1.82) is 0 Å². The highest BCUT2D eigenvalue weighted by molar-refractivity contribution is 6.31. The van der Waals surface area contributed by atoms with Crippen LogP contribution in [0, 0.1) is 19.3 Å². The second-order valence-corrected chi connectivity index (χ2v) is 7.31. The molecular weight excluding hydrogens is 324 g/mol. The highest BCUT2D eigenvalue weighted by Gasteiger charge is 2.35. The summed E-state index contributed by atoms with van der Waals surface area (Å²) in [5.41, 5.74) is 9.14. The maximum absolute atomic E-state index is 12.7. The number of hydrogen-bond donors (Lipinski definition) is 1. The fraction of sp³-hybridized carbons (Fsp3) is 0.444. The predicted octanol–water partition coefficient (Wildman–Crippen LogP) is 2.95. The molecule has 0 saturated carbocycles. The molecule has 1 aromatic carbocycles. The SMILES string of the molecule is Cc1nn(-c2ccc(C(=O)N3CCC(C)(CN)C3)cc2)c(C)c1Cl. The van der Waals surface area contributed by atoms with Crippen LogP contribution < -0.4 is 5.73 Å². The van der Waals surface area contributed by atoms with Crippen molar-refractivity contribution >= 4 is 17.5 Å². The van der Waals surface area contributed by atoms with Crippen LogP contribution in [0.4, 0.5) is 0 Å².